The van der Waals surface area contributed by atoms with Crippen molar-refractivity contribution in [3.63, 3.8) is 0 Å². The Morgan fingerprint density at radius 2 is 2.00 bits per heavy atom. The Hall–Kier alpha value is -1.55. The molecule has 2 nitrogen and oxygen atoms in total. The van der Waals surface area contributed by atoms with Gasteiger partial charge in [0.1, 0.15) is 5.75 Å². The van der Waals surface area contributed by atoms with Crippen molar-refractivity contribution in [3.05, 3.63) is 58.9 Å². The highest BCUT2D eigenvalue weighted by Crippen LogP contribution is 2.26. The molecule has 1 heterocycles. The van der Waals surface area contributed by atoms with E-state index in [4.69, 9.17) is 9.47 Å². The van der Waals surface area contributed by atoms with Crippen LogP contribution in [0.3, 0.4) is 0 Å². The van der Waals surface area contributed by atoms with Gasteiger partial charge in [-0.25, -0.2) is 4.39 Å². The molecule has 0 unspecified atom stereocenters. The summed E-state index contributed by atoms with van der Waals surface area (Å²) in [4.78, 5) is 0. The van der Waals surface area contributed by atoms with E-state index < -0.39 is 0 Å². The van der Waals surface area contributed by atoms with E-state index in [1.165, 1.54) is 17.2 Å². The molecule has 1 aliphatic heterocycles. The topological polar surface area (TPSA) is 18.5 Å². The first-order valence-corrected chi connectivity index (χ1v) is 8.10. The lowest BCUT2D eigenvalue weighted by atomic mass is 10.1. The average Bonchev–Trinajstić information content (AvgIpc) is 2.96. The molecule has 0 atom stereocenters. The van der Waals surface area contributed by atoms with E-state index in [-0.39, 0.29) is 5.82 Å². The van der Waals surface area contributed by atoms with E-state index in [0.717, 1.165) is 30.8 Å². The second kappa shape index (κ2) is 6.48. The van der Waals surface area contributed by atoms with Crippen LogP contribution in [-0.4, -0.2) is 13.2 Å². The summed E-state index contributed by atoms with van der Waals surface area (Å²) in [7, 11) is 0. The number of halogens is 2. The molecule has 0 N–H and O–H groups in total. The van der Waals surface area contributed by atoms with Gasteiger partial charge in [0, 0.05) is 18.2 Å². The number of benzene rings is 2. The fourth-order valence-electron chi connectivity index (χ4n) is 2.42. The monoisotopic (exact) mass is 350 g/mol. The Bertz CT molecular complexity index is 643. The summed E-state index contributed by atoms with van der Waals surface area (Å²) < 4.78 is 24.8. The van der Waals surface area contributed by atoms with Gasteiger partial charge in [-0.05, 0) is 34.9 Å². The molecule has 0 bridgehead atoms. The number of ether oxygens (including phenoxy) is 2. The highest BCUT2D eigenvalue weighted by atomic mass is 79.9. The summed E-state index contributed by atoms with van der Waals surface area (Å²) in [6, 6.07) is 11.2. The van der Waals surface area contributed by atoms with E-state index in [2.05, 4.69) is 22.0 Å². The first-order chi connectivity index (χ1) is 10.3. The van der Waals surface area contributed by atoms with Crippen LogP contribution in [0, 0.1) is 5.82 Å². The lowest BCUT2D eigenvalue weighted by Crippen LogP contribution is -2.03. The number of hydrogen-bond donors (Lipinski definition) is 0. The van der Waals surface area contributed by atoms with E-state index >= 15 is 0 Å². The molecule has 0 aliphatic carbocycles. The lowest BCUT2D eigenvalue weighted by molar-refractivity contribution is 0.305. The van der Waals surface area contributed by atoms with Gasteiger partial charge >= 0.3 is 0 Å². The van der Waals surface area contributed by atoms with Gasteiger partial charge < -0.3 is 9.47 Å². The van der Waals surface area contributed by atoms with Crippen molar-refractivity contribution >= 4 is 15.9 Å². The minimum Gasteiger partial charge on any atom is -0.493 e. The molecule has 1 aliphatic rings. The molecule has 2 aromatic carbocycles. The molecular weight excluding hydrogens is 335 g/mol. The third kappa shape index (κ3) is 3.38. The number of rotatable bonds is 5. The molecule has 0 fully saturated rings. The third-order valence-corrected chi connectivity index (χ3v) is 4.20. The number of fused-ring (bicyclic) bond motifs is 1. The molecule has 0 spiro atoms. The standard InChI is InChI=1S/C17H16BrFO2/c18-11-13-2-4-17(15(19)10-13)21-7-5-12-1-3-16-14(9-12)6-8-20-16/h1-4,9-10H,5-8,11H2. The van der Waals surface area contributed by atoms with E-state index in [1.807, 2.05) is 18.2 Å². The average molecular weight is 351 g/mol. The molecule has 0 amide bonds. The number of hydrogen-bond acceptors (Lipinski definition) is 2. The summed E-state index contributed by atoms with van der Waals surface area (Å²) in [6.45, 7) is 1.23. The zero-order valence-electron chi connectivity index (χ0n) is 11.6. The first kappa shape index (κ1) is 14.4. The van der Waals surface area contributed by atoms with Crippen LogP contribution in [0.5, 0.6) is 11.5 Å². The summed E-state index contributed by atoms with van der Waals surface area (Å²) in [5.74, 6) is 0.981. The fraction of sp³-hybridized carbons (Fsp3) is 0.294. The smallest absolute Gasteiger partial charge is 0.165 e. The molecule has 0 radical (unpaired) electrons. The zero-order chi connectivity index (χ0) is 14.7. The Balaban J connectivity index is 1.58. The summed E-state index contributed by atoms with van der Waals surface area (Å²) in [6.07, 6.45) is 1.72. The van der Waals surface area contributed by atoms with Crippen LogP contribution in [0.15, 0.2) is 36.4 Å². The molecule has 110 valence electrons. The largest absolute Gasteiger partial charge is 0.493 e. The Kier molecular flexibility index (Phi) is 4.44. The van der Waals surface area contributed by atoms with Crippen molar-refractivity contribution < 1.29 is 13.9 Å². The van der Waals surface area contributed by atoms with Gasteiger partial charge in [0.05, 0.1) is 13.2 Å². The highest BCUT2D eigenvalue weighted by Gasteiger charge is 2.12. The van der Waals surface area contributed by atoms with Crippen LogP contribution < -0.4 is 9.47 Å². The normalized spacial score (nSPS) is 12.9. The summed E-state index contributed by atoms with van der Waals surface area (Å²) >= 11 is 3.31. The Morgan fingerprint density at radius 1 is 1.14 bits per heavy atom. The Morgan fingerprint density at radius 3 is 2.81 bits per heavy atom. The van der Waals surface area contributed by atoms with Crippen molar-refractivity contribution in [2.75, 3.05) is 13.2 Å². The quantitative estimate of drug-likeness (QED) is 0.749. The summed E-state index contributed by atoms with van der Waals surface area (Å²) in [5, 5.41) is 0.640. The van der Waals surface area contributed by atoms with Crippen LogP contribution in [-0.2, 0) is 18.2 Å². The van der Waals surface area contributed by atoms with Crippen LogP contribution in [0.1, 0.15) is 16.7 Å². The van der Waals surface area contributed by atoms with Crippen molar-refractivity contribution in [1.29, 1.82) is 0 Å². The van der Waals surface area contributed by atoms with Gasteiger partial charge in [-0.3, -0.25) is 0 Å². The maximum absolute atomic E-state index is 13.8. The van der Waals surface area contributed by atoms with Crippen molar-refractivity contribution in [2.24, 2.45) is 0 Å². The van der Waals surface area contributed by atoms with Gasteiger partial charge in [-0.1, -0.05) is 34.1 Å². The molecule has 21 heavy (non-hydrogen) atoms. The maximum atomic E-state index is 13.8. The van der Waals surface area contributed by atoms with Gasteiger partial charge in [0.2, 0.25) is 0 Å². The van der Waals surface area contributed by atoms with Gasteiger partial charge in [0.15, 0.2) is 11.6 Å². The molecule has 2 aromatic rings. The molecule has 0 saturated heterocycles. The second-order valence-corrected chi connectivity index (χ2v) is 5.60. The minimum absolute atomic E-state index is 0.309. The molecule has 0 aromatic heterocycles. The second-order valence-electron chi connectivity index (χ2n) is 5.04. The maximum Gasteiger partial charge on any atom is 0.165 e. The fourth-order valence-corrected chi connectivity index (χ4v) is 2.77. The van der Waals surface area contributed by atoms with Gasteiger partial charge in [0.25, 0.3) is 0 Å². The van der Waals surface area contributed by atoms with Crippen LogP contribution in [0.25, 0.3) is 0 Å². The van der Waals surface area contributed by atoms with Gasteiger partial charge in [-0.15, -0.1) is 0 Å². The van der Waals surface area contributed by atoms with Crippen molar-refractivity contribution in [2.45, 2.75) is 18.2 Å². The molecule has 0 saturated carbocycles. The van der Waals surface area contributed by atoms with E-state index in [1.54, 1.807) is 6.07 Å². The van der Waals surface area contributed by atoms with Crippen LogP contribution >= 0.6 is 15.9 Å². The highest BCUT2D eigenvalue weighted by molar-refractivity contribution is 9.08. The van der Waals surface area contributed by atoms with Crippen LogP contribution in [0.2, 0.25) is 0 Å². The third-order valence-electron chi connectivity index (χ3n) is 3.55. The van der Waals surface area contributed by atoms with Crippen molar-refractivity contribution in [3.8, 4) is 11.5 Å². The predicted molar refractivity (Wildman–Crippen MR) is 83.9 cm³/mol. The van der Waals surface area contributed by atoms with E-state index in [0.29, 0.717) is 17.7 Å². The zero-order valence-corrected chi connectivity index (χ0v) is 13.2. The van der Waals surface area contributed by atoms with Gasteiger partial charge in [-0.2, -0.15) is 0 Å². The van der Waals surface area contributed by atoms with E-state index in [9.17, 15) is 4.39 Å². The molecule has 4 heteroatoms. The lowest BCUT2D eigenvalue weighted by Gasteiger charge is -2.09. The Labute approximate surface area is 132 Å². The first-order valence-electron chi connectivity index (χ1n) is 6.98. The molecular formula is C17H16BrFO2. The number of alkyl halides is 1. The summed E-state index contributed by atoms with van der Waals surface area (Å²) in [5.41, 5.74) is 3.34. The predicted octanol–water partition coefficient (Wildman–Crippen LogP) is 4.28. The van der Waals surface area contributed by atoms with Crippen LogP contribution in [0.4, 0.5) is 4.39 Å². The van der Waals surface area contributed by atoms with Crippen molar-refractivity contribution in [1.82, 2.24) is 0 Å². The molecule has 3 rings (SSSR count). The minimum atomic E-state index is -0.311. The SMILES string of the molecule is Fc1cc(CBr)ccc1OCCc1ccc2c(c1)CCO2.